The van der Waals surface area contributed by atoms with Gasteiger partial charge in [-0.2, -0.15) is 0 Å². The fourth-order valence-corrected chi connectivity index (χ4v) is 2.24. The van der Waals surface area contributed by atoms with E-state index in [1.165, 1.54) is 0 Å². The van der Waals surface area contributed by atoms with Crippen LogP contribution in [0.2, 0.25) is 0 Å². The lowest BCUT2D eigenvalue weighted by molar-refractivity contribution is 0.124. The zero-order valence-corrected chi connectivity index (χ0v) is 12.2. The third-order valence-corrected chi connectivity index (χ3v) is 3.12. The summed E-state index contributed by atoms with van der Waals surface area (Å²) in [6, 6.07) is 9.91. The van der Waals surface area contributed by atoms with Gasteiger partial charge >= 0.3 is 0 Å². The number of rotatable bonds is 6. The van der Waals surface area contributed by atoms with E-state index in [1.807, 2.05) is 34.9 Å². The van der Waals surface area contributed by atoms with Gasteiger partial charge in [-0.3, -0.25) is 0 Å². The van der Waals surface area contributed by atoms with E-state index in [-0.39, 0.29) is 12.7 Å². The van der Waals surface area contributed by atoms with E-state index in [4.69, 9.17) is 4.74 Å². The second kappa shape index (κ2) is 6.63. The fourth-order valence-electron chi connectivity index (χ4n) is 2.24. The molecule has 0 radical (unpaired) electrons. The maximum Gasteiger partial charge on any atom is 0.166 e. The van der Waals surface area contributed by atoms with E-state index in [1.54, 1.807) is 7.11 Å². The Bertz CT molecular complexity index is 537. The SMILES string of the molecule is COC(c1ccccc1)c1nnc(CO)n1CC(C)C. The van der Waals surface area contributed by atoms with Gasteiger partial charge in [0, 0.05) is 13.7 Å². The lowest BCUT2D eigenvalue weighted by Crippen LogP contribution is -2.16. The van der Waals surface area contributed by atoms with E-state index in [9.17, 15) is 5.11 Å². The number of hydrogen-bond donors (Lipinski definition) is 1. The van der Waals surface area contributed by atoms with Crippen molar-refractivity contribution in [1.82, 2.24) is 14.8 Å². The lowest BCUT2D eigenvalue weighted by atomic mass is 10.1. The number of nitrogens with zero attached hydrogens (tertiary/aromatic N) is 3. The molecule has 0 fully saturated rings. The van der Waals surface area contributed by atoms with E-state index < -0.39 is 0 Å². The van der Waals surface area contributed by atoms with E-state index >= 15 is 0 Å². The summed E-state index contributed by atoms with van der Waals surface area (Å²) in [5.41, 5.74) is 1.02. The fraction of sp³-hybridized carbons (Fsp3) is 0.467. The Labute approximate surface area is 119 Å². The molecule has 0 aliphatic carbocycles. The largest absolute Gasteiger partial charge is 0.388 e. The van der Waals surface area contributed by atoms with Crippen molar-refractivity contribution in [2.24, 2.45) is 5.92 Å². The second-order valence-electron chi connectivity index (χ2n) is 5.16. The van der Waals surface area contributed by atoms with Gasteiger partial charge in [0.15, 0.2) is 11.6 Å². The average molecular weight is 275 g/mol. The highest BCUT2D eigenvalue weighted by atomic mass is 16.5. The predicted octanol–water partition coefficient (Wildman–Crippen LogP) is 2.16. The Morgan fingerprint density at radius 3 is 2.45 bits per heavy atom. The first-order valence-corrected chi connectivity index (χ1v) is 6.78. The smallest absolute Gasteiger partial charge is 0.166 e. The number of methoxy groups -OCH3 is 1. The van der Waals surface area contributed by atoms with Gasteiger partial charge in [-0.05, 0) is 11.5 Å². The predicted molar refractivity (Wildman–Crippen MR) is 76.1 cm³/mol. The Morgan fingerprint density at radius 2 is 1.90 bits per heavy atom. The van der Waals surface area contributed by atoms with Crippen molar-refractivity contribution in [3.05, 3.63) is 47.5 Å². The van der Waals surface area contributed by atoms with E-state index in [0.717, 1.165) is 17.9 Å². The number of aliphatic hydroxyl groups excluding tert-OH is 1. The summed E-state index contributed by atoms with van der Waals surface area (Å²) >= 11 is 0. The summed E-state index contributed by atoms with van der Waals surface area (Å²) in [7, 11) is 1.66. The van der Waals surface area contributed by atoms with Crippen LogP contribution in [0, 0.1) is 5.92 Å². The molecule has 0 aliphatic heterocycles. The van der Waals surface area contributed by atoms with Gasteiger partial charge in [0.1, 0.15) is 12.7 Å². The van der Waals surface area contributed by atoms with Crippen LogP contribution >= 0.6 is 0 Å². The van der Waals surface area contributed by atoms with Crippen LogP contribution in [0.25, 0.3) is 0 Å². The maximum atomic E-state index is 9.41. The highest BCUT2D eigenvalue weighted by molar-refractivity contribution is 5.23. The minimum absolute atomic E-state index is 0.120. The highest BCUT2D eigenvalue weighted by Gasteiger charge is 2.22. The van der Waals surface area contributed by atoms with Gasteiger partial charge in [0.2, 0.25) is 0 Å². The molecular weight excluding hydrogens is 254 g/mol. The Kier molecular flexibility index (Phi) is 4.87. The topological polar surface area (TPSA) is 60.2 Å². The van der Waals surface area contributed by atoms with Crippen molar-refractivity contribution in [3.63, 3.8) is 0 Å². The lowest BCUT2D eigenvalue weighted by Gasteiger charge is -2.18. The molecule has 0 aliphatic rings. The number of hydrogen-bond acceptors (Lipinski definition) is 4. The van der Waals surface area contributed by atoms with Crippen molar-refractivity contribution in [2.45, 2.75) is 33.1 Å². The number of aromatic nitrogens is 3. The minimum Gasteiger partial charge on any atom is -0.388 e. The van der Waals surface area contributed by atoms with Crippen molar-refractivity contribution >= 4 is 0 Å². The van der Waals surface area contributed by atoms with Gasteiger partial charge in [-0.1, -0.05) is 44.2 Å². The standard InChI is InChI=1S/C15H21N3O2/c1-11(2)9-18-13(10-19)16-17-15(18)14(20-3)12-7-5-4-6-8-12/h4-8,11,14,19H,9-10H2,1-3H3. The molecule has 1 aromatic carbocycles. The van der Waals surface area contributed by atoms with Crippen molar-refractivity contribution < 1.29 is 9.84 Å². The third-order valence-electron chi connectivity index (χ3n) is 3.12. The van der Waals surface area contributed by atoms with Crippen LogP contribution in [0.1, 0.15) is 37.2 Å². The molecule has 1 unspecified atom stereocenters. The molecule has 1 atom stereocenters. The molecule has 2 aromatic rings. The highest BCUT2D eigenvalue weighted by Crippen LogP contribution is 2.25. The average Bonchev–Trinajstić information content (AvgIpc) is 2.83. The van der Waals surface area contributed by atoms with Crippen molar-refractivity contribution in [2.75, 3.05) is 7.11 Å². The quantitative estimate of drug-likeness (QED) is 0.877. The van der Waals surface area contributed by atoms with Crippen LogP contribution in [-0.4, -0.2) is 27.0 Å². The first-order valence-electron chi connectivity index (χ1n) is 6.78. The monoisotopic (exact) mass is 275 g/mol. The normalized spacial score (nSPS) is 12.8. The van der Waals surface area contributed by atoms with Crippen LogP contribution in [-0.2, 0) is 17.9 Å². The molecule has 0 bridgehead atoms. The molecule has 108 valence electrons. The summed E-state index contributed by atoms with van der Waals surface area (Å²) in [6.07, 6.45) is -0.275. The number of ether oxygens (including phenoxy) is 1. The Morgan fingerprint density at radius 1 is 1.20 bits per heavy atom. The summed E-state index contributed by atoms with van der Waals surface area (Å²) in [5, 5.41) is 17.7. The Hall–Kier alpha value is -1.72. The third kappa shape index (κ3) is 3.05. The molecule has 0 saturated heterocycles. The maximum absolute atomic E-state index is 9.41. The van der Waals surface area contributed by atoms with Crippen molar-refractivity contribution in [1.29, 1.82) is 0 Å². The van der Waals surface area contributed by atoms with Gasteiger partial charge in [-0.25, -0.2) is 0 Å². The molecule has 5 nitrogen and oxygen atoms in total. The van der Waals surface area contributed by atoms with Gasteiger partial charge in [-0.15, -0.1) is 10.2 Å². The number of aliphatic hydroxyl groups is 1. The van der Waals surface area contributed by atoms with Crippen LogP contribution in [0.15, 0.2) is 30.3 Å². The first-order chi connectivity index (χ1) is 9.67. The molecule has 1 N–H and O–H groups in total. The summed E-state index contributed by atoms with van der Waals surface area (Å²) in [4.78, 5) is 0. The van der Waals surface area contributed by atoms with Gasteiger partial charge in [0.25, 0.3) is 0 Å². The van der Waals surface area contributed by atoms with E-state index in [2.05, 4.69) is 24.0 Å². The van der Waals surface area contributed by atoms with Crippen LogP contribution in [0.3, 0.4) is 0 Å². The van der Waals surface area contributed by atoms with Crippen LogP contribution in [0.4, 0.5) is 0 Å². The minimum atomic E-state index is -0.275. The molecule has 5 heteroatoms. The van der Waals surface area contributed by atoms with Crippen LogP contribution < -0.4 is 0 Å². The molecule has 1 heterocycles. The first kappa shape index (κ1) is 14.7. The molecule has 2 rings (SSSR count). The van der Waals surface area contributed by atoms with Crippen LogP contribution in [0.5, 0.6) is 0 Å². The summed E-state index contributed by atoms with van der Waals surface area (Å²) < 4.78 is 7.55. The van der Waals surface area contributed by atoms with E-state index in [0.29, 0.717) is 11.7 Å². The zero-order chi connectivity index (χ0) is 14.5. The number of benzene rings is 1. The molecule has 0 spiro atoms. The second-order valence-corrected chi connectivity index (χ2v) is 5.16. The molecule has 20 heavy (non-hydrogen) atoms. The molecule has 1 aromatic heterocycles. The zero-order valence-electron chi connectivity index (χ0n) is 12.2. The molecule has 0 amide bonds. The van der Waals surface area contributed by atoms with Gasteiger partial charge in [0.05, 0.1) is 0 Å². The van der Waals surface area contributed by atoms with Crippen molar-refractivity contribution in [3.8, 4) is 0 Å². The summed E-state index contributed by atoms with van der Waals surface area (Å²) in [5.74, 6) is 1.74. The van der Waals surface area contributed by atoms with Gasteiger partial charge < -0.3 is 14.4 Å². The molecule has 0 saturated carbocycles. The summed E-state index contributed by atoms with van der Waals surface area (Å²) in [6.45, 7) is 4.88. The molecular formula is C15H21N3O2. The Balaban J connectivity index is 2.42.